The van der Waals surface area contributed by atoms with Crippen LogP contribution in [0.4, 0.5) is 0 Å². The zero-order valence-corrected chi connectivity index (χ0v) is 27.4. The number of nitrogens with two attached hydrogens (primary N) is 1. The topological polar surface area (TPSA) is 255 Å². The molecule has 0 aromatic rings. The number of nitrogens with one attached hydrogen (secondary N) is 3. The average Bonchev–Trinajstić information content (AvgIpc) is 2.95. The molecule has 0 aromatic heterocycles. The Bertz CT molecular complexity index is 1030. The SMILES string of the molecule is CC(C)CCCCNC(=O)CNC(=O)[C@@H](CC(N)=O)NC(=O)CN1CCN(CC(=O)O)CCN(CC(=O)O)CCN(CC(=O)O)CC1. The first kappa shape index (κ1) is 41.2. The number of nitrogens with zero attached hydrogens (tertiary/aromatic N) is 4. The van der Waals surface area contributed by atoms with Gasteiger partial charge >= 0.3 is 17.9 Å². The molecule has 1 rings (SSSR count). The summed E-state index contributed by atoms with van der Waals surface area (Å²) in [7, 11) is 0. The second kappa shape index (κ2) is 22.6. The first-order chi connectivity index (χ1) is 22.1. The lowest BCUT2D eigenvalue weighted by atomic mass is 10.1. The van der Waals surface area contributed by atoms with Crippen molar-refractivity contribution in [3.05, 3.63) is 0 Å². The molecule has 0 aliphatic carbocycles. The number of carboxylic acid groups (broad SMARTS) is 3. The van der Waals surface area contributed by atoms with Gasteiger partial charge in [0, 0.05) is 58.9 Å². The van der Waals surface area contributed by atoms with Crippen molar-refractivity contribution in [2.75, 3.05) is 91.6 Å². The normalized spacial score (nSPS) is 16.7. The smallest absolute Gasteiger partial charge is 0.317 e. The van der Waals surface area contributed by atoms with Crippen LogP contribution in [0, 0.1) is 5.92 Å². The Kier molecular flexibility index (Phi) is 19.8. The monoisotopic (exact) mass is 672 g/mol. The Labute approximate surface area is 274 Å². The number of rotatable bonds is 19. The van der Waals surface area contributed by atoms with Gasteiger partial charge in [-0.3, -0.25) is 53.2 Å². The summed E-state index contributed by atoms with van der Waals surface area (Å²) in [4.78, 5) is 90.6. The summed E-state index contributed by atoms with van der Waals surface area (Å²) in [6, 6.07) is -1.35. The largest absolute Gasteiger partial charge is 0.480 e. The molecular weight excluding hydrogens is 620 g/mol. The van der Waals surface area contributed by atoms with Gasteiger partial charge in [-0.25, -0.2) is 0 Å². The van der Waals surface area contributed by atoms with Gasteiger partial charge in [-0.1, -0.05) is 26.7 Å². The highest BCUT2D eigenvalue weighted by molar-refractivity contribution is 5.93. The molecule has 0 saturated carbocycles. The highest BCUT2D eigenvalue weighted by Gasteiger charge is 2.26. The second-order valence-electron chi connectivity index (χ2n) is 12.0. The van der Waals surface area contributed by atoms with Crippen molar-refractivity contribution in [2.24, 2.45) is 11.7 Å². The molecule has 0 aromatic carbocycles. The molecule has 1 heterocycles. The van der Waals surface area contributed by atoms with Gasteiger partial charge in [0.25, 0.3) is 0 Å². The molecule has 0 radical (unpaired) electrons. The van der Waals surface area contributed by atoms with E-state index in [1.807, 2.05) is 0 Å². The van der Waals surface area contributed by atoms with E-state index in [0.717, 1.165) is 19.3 Å². The maximum absolute atomic E-state index is 13.1. The fraction of sp³-hybridized carbons (Fsp3) is 0.759. The lowest BCUT2D eigenvalue weighted by Crippen LogP contribution is -2.53. The fourth-order valence-corrected chi connectivity index (χ4v) is 4.90. The average molecular weight is 673 g/mol. The summed E-state index contributed by atoms with van der Waals surface area (Å²) in [6.07, 6.45) is 2.27. The number of aliphatic carboxylic acids is 3. The van der Waals surface area contributed by atoms with E-state index in [9.17, 15) is 48.9 Å². The van der Waals surface area contributed by atoms with Gasteiger partial charge in [-0.15, -0.1) is 0 Å². The van der Waals surface area contributed by atoms with E-state index >= 15 is 0 Å². The van der Waals surface area contributed by atoms with E-state index in [4.69, 9.17) is 5.73 Å². The predicted octanol–water partition coefficient (Wildman–Crippen LogP) is -3.12. The van der Waals surface area contributed by atoms with Crippen molar-refractivity contribution in [3.8, 4) is 0 Å². The zero-order valence-electron chi connectivity index (χ0n) is 27.4. The Balaban J connectivity index is 2.91. The van der Waals surface area contributed by atoms with Crippen molar-refractivity contribution in [3.63, 3.8) is 0 Å². The van der Waals surface area contributed by atoms with Crippen molar-refractivity contribution < 1.29 is 48.9 Å². The summed E-state index contributed by atoms with van der Waals surface area (Å²) in [5.74, 6) is -5.36. The quantitative estimate of drug-likeness (QED) is 0.0671. The van der Waals surface area contributed by atoms with Gasteiger partial charge in [-0.2, -0.15) is 0 Å². The van der Waals surface area contributed by atoms with Gasteiger partial charge in [-0.05, 0) is 12.3 Å². The van der Waals surface area contributed by atoms with Crippen molar-refractivity contribution in [2.45, 2.75) is 45.6 Å². The lowest BCUT2D eigenvalue weighted by Gasteiger charge is -2.33. The molecule has 47 heavy (non-hydrogen) atoms. The van der Waals surface area contributed by atoms with Gasteiger partial charge in [0.2, 0.25) is 23.6 Å². The minimum atomic E-state index is -1.35. The van der Waals surface area contributed by atoms with Crippen molar-refractivity contribution >= 4 is 41.5 Å². The lowest BCUT2D eigenvalue weighted by molar-refractivity contribution is -0.140. The van der Waals surface area contributed by atoms with E-state index in [1.165, 1.54) is 0 Å². The van der Waals surface area contributed by atoms with Crippen LogP contribution in [0.1, 0.15) is 39.5 Å². The number of primary amides is 1. The molecule has 18 nitrogen and oxygen atoms in total. The van der Waals surface area contributed by atoms with Crippen LogP contribution in [0.5, 0.6) is 0 Å². The third-order valence-corrected chi connectivity index (χ3v) is 7.38. The number of amides is 4. The highest BCUT2D eigenvalue weighted by Crippen LogP contribution is 2.05. The summed E-state index contributed by atoms with van der Waals surface area (Å²) in [5, 5.41) is 35.7. The molecule has 4 amide bonds. The fourth-order valence-electron chi connectivity index (χ4n) is 4.90. The number of carbonyl (C=O) groups excluding carboxylic acids is 4. The van der Waals surface area contributed by atoms with Gasteiger partial charge < -0.3 is 37.0 Å². The molecule has 0 spiro atoms. The summed E-state index contributed by atoms with van der Waals surface area (Å²) in [6.45, 7) is 4.74. The molecule has 1 fully saturated rings. The molecule has 1 aliphatic rings. The molecule has 1 aliphatic heterocycles. The third kappa shape index (κ3) is 20.8. The molecule has 18 heteroatoms. The first-order valence-electron chi connectivity index (χ1n) is 15.8. The van der Waals surface area contributed by atoms with Gasteiger partial charge in [0.1, 0.15) is 6.04 Å². The van der Waals surface area contributed by atoms with E-state index in [2.05, 4.69) is 29.8 Å². The van der Waals surface area contributed by atoms with Crippen LogP contribution >= 0.6 is 0 Å². The molecule has 1 atom stereocenters. The highest BCUT2D eigenvalue weighted by atomic mass is 16.4. The van der Waals surface area contributed by atoms with Crippen molar-refractivity contribution in [1.82, 2.24) is 35.6 Å². The van der Waals surface area contributed by atoms with Gasteiger partial charge in [0.05, 0.1) is 39.1 Å². The minimum absolute atomic E-state index is 0.185. The Morgan fingerprint density at radius 2 is 1.06 bits per heavy atom. The second-order valence-corrected chi connectivity index (χ2v) is 12.0. The van der Waals surface area contributed by atoms with Crippen molar-refractivity contribution in [1.29, 1.82) is 0 Å². The van der Waals surface area contributed by atoms with Crippen LogP contribution in [-0.2, 0) is 33.6 Å². The third-order valence-electron chi connectivity index (χ3n) is 7.38. The van der Waals surface area contributed by atoms with Crippen LogP contribution < -0.4 is 21.7 Å². The zero-order chi connectivity index (χ0) is 35.4. The van der Waals surface area contributed by atoms with E-state index in [1.54, 1.807) is 19.6 Å². The Morgan fingerprint density at radius 1 is 0.638 bits per heavy atom. The summed E-state index contributed by atoms with van der Waals surface area (Å²) >= 11 is 0. The first-order valence-corrected chi connectivity index (χ1v) is 15.8. The number of hydrogen-bond acceptors (Lipinski definition) is 11. The number of unbranched alkanes of at least 4 members (excludes halogenated alkanes) is 1. The van der Waals surface area contributed by atoms with E-state index < -0.39 is 54.0 Å². The van der Waals surface area contributed by atoms with Gasteiger partial charge in [0.15, 0.2) is 0 Å². The molecular formula is C29H52N8O10. The van der Waals surface area contributed by atoms with Crippen LogP contribution in [-0.4, -0.2) is 174 Å². The summed E-state index contributed by atoms with van der Waals surface area (Å²) < 4.78 is 0. The van der Waals surface area contributed by atoms with Crippen LogP contribution in [0.2, 0.25) is 0 Å². The Morgan fingerprint density at radius 3 is 1.45 bits per heavy atom. The Hall–Kier alpha value is -3.87. The predicted molar refractivity (Wildman–Crippen MR) is 169 cm³/mol. The van der Waals surface area contributed by atoms with E-state index in [-0.39, 0.29) is 85.1 Å². The number of hydrogen-bond donors (Lipinski definition) is 7. The van der Waals surface area contributed by atoms with Crippen LogP contribution in [0.15, 0.2) is 0 Å². The van der Waals surface area contributed by atoms with Crippen LogP contribution in [0.3, 0.4) is 0 Å². The maximum Gasteiger partial charge on any atom is 0.317 e. The molecule has 268 valence electrons. The molecule has 8 N–H and O–H groups in total. The molecule has 0 bridgehead atoms. The number of carboxylic acids is 3. The standard InChI is InChI=1S/C29H52N8O10/c1-21(2)5-3-4-6-31-24(39)16-32-29(47)22(15-23(30)38)33-25(40)17-34-7-9-35(18-26(41)42)11-13-37(20-28(45)46)14-12-36(10-8-34)19-27(43)44/h21-22H,3-20H2,1-2H3,(H2,30,38)(H,31,39)(H,32,47)(H,33,40)(H,41,42)(H,43,44)(H,45,46)/t22-/m1/s1. The number of carbonyl (C=O) groups is 7. The van der Waals surface area contributed by atoms with Crippen LogP contribution in [0.25, 0.3) is 0 Å². The molecule has 1 saturated heterocycles. The maximum atomic E-state index is 13.1. The van der Waals surface area contributed by atoms with E-state index in [0.29, 0.717) is 12.5 Å². The summed E-state index contributed by atoms with van der Waals surface area (Å²) in [5.41, 5.74) is 5.30. The molecule has 0 unspecified atom stereocenters. The minimum Gasteiger partial charge on any atom is -0.480 e.